The highest BCUT2D eigenvalue weighted by Gasteiger charge is 2.24. The van der Waals surface area contributed by atoms with Gasteiger partial charge in [-0.2, -0.15) is 0 Å². The third-order valence-electron chi connectivity index (χ3n) is 3.71. The largest absolute Gasteiger partial charge is 0.464 e. The van der Waals surface area contributed by atoms with Crippen molar-refractivity contribution in [3.63, 3.8) is 0 Å². The fraction of sp³-hybridized carbons (Fsp3) is 0.429. The summed E-state index contributed by atoms with van der Waals surface area (Å²) in [5.41, 5.74) is 2.48. The van der Waals surface area contributed by atoms with Crippen molar-refractivity contribution in [2.24, 2.45) is 5.92 Å². The normalized spacial score (nSPS) is 26.1. The van der Waals surface area contributed by atoms with Crippen molar-refractivity contribution in [1.29, 1.82) is 0 Å². The first-order chi connectivity index (χ1) is 7.86. The Hall–Kier alpha value is -1.28. The highest BCUT2D eigenvalue weighted by molar-refractivity contribution is 5.81. The van der Waals surface area contributed by atoms with Crippen LogP contribution in [0.1, 0.15) is 24.8 Å². The summed E-state index contributed by atoms with van der Waals surface area (Å²) < 4.78 is 5.47. The van der Waals surface area contributed by atoms with Crippen molar-refractivity contribution in [3.05, 3.63) is 36.1 Å². The lowest BCUT2D eigenvalue weighted by Crippen LogP contribution is -2.33. The molecule has 1 saturated heterocycles. The highest BCUT2D eigenvalue weighted by Crippen LogP contribution is 2.34. The Balaban J connectivity index is 2.07. The molecule has 1 aromatic heterocycles. The molecule has 2 unspecified atom stereocenters. The first-order valence-corrected chi connectivity index (χ1v) is 6.03. The van der Waals surface area contributed by atoms with E-state index in [4.69, 9.17) is 4.42 Å². The monoisotopic (exact) mass is 215 g/mol. The van der Waals surface area contributed by atoms with Crippen molar-refractivity contribution in [3.8, 4) is 0 Å². The van der Waals surface area contributed by atoms with Crippen LogP contribution in [0.25, 0.3) is 11.0 Å². The van der Waals surface area contributed by atoms with E-state index in [2.05, 4.69) is 30.4 Å². The molecular formula is C14H17NO. The van der Waals surface area contributed by atoms with Gasteiger partial charge in [0.2, 0.25) is 0 Å². The number of piperidine rings is 1. The summed E-state index contributed by atoms with van der Waals surface area (Å²) in [5, 5.41) is 4.75. The molecule has 1 fully saturated rings. The highest BCUT2D eigenvalue weighted by atomic mass is 16.3. The molecule has 2 heteroatoms. The van der Waals surface area contributed by atoms with Crippen LogP contribution in [-0.4, -0.2) is 13.1 Å². The molecule has 0 radical (unpaired) electrons. The standard InChI is InChI=1S/C14H17NO/c1-10-9-15-7-5-11(10)12-3-2-4-14-13(12)6-8-16-14/h2-4,6,8,10-11,15H,5,7,9H2,1H3. The molecule has 0 bridgehead atoms. The zero-order valence-electron chi connectivity index (χ0n) is 9.57. The van der Waals surface area contributed by atoms with Gasteiger partial charge >= 0.3 is 0 Å². The molecule has 2 aromatic rings. The van der Waals surface area contributed by atoms with Gasteiger partial charge in [-0.1, -0.05) is 19.1 Å². The summed E-state index contributed by atoms with van der Waals surface area (Å²) >= 11 is 0. The van der Waals surface area contributed by atoms with E-state index in [0.29, 0.717) is 11.8 Å². The number of hydrogen-bond donors (Lipinski definition) is 1. The van der Waals surface area contributed by atoms with Gasteiger partial charge in [0.25, 0.3) is 0 Å². The summed E-state index contributed by atoms with van der Waals surface area (Å²) in [6.07, 6.45) is 3.02. The lowest BCUT2D eigenvalue weighted by Gasteiger charge is -2.30. The van der Waals surface area contributed by atoms with Crippen molar-refractivity contribution in [2.75, 3.05) is 13.1 Å². The van der Waals surface area contributed by atoms with Crippen LogP contribution in [0.2, 0.25) is 0 Å². The van der Waals surface area contributed by atoms with E-state index in [0.717, 1.165) is 18.7 Å². The zero-order valence-corrected chi connectivity index (χ0v) is 9.57. The Morgan fingerprint density at radius 2 is 2.25 bits per heavy atom. The van der Waals surface area contributed by atoms with Gasteiger partial charge in [0.05, 0.1) is 6.26 Å². The predicted octanol–water partition coefficient (Wildman–Crippen LogP) is 3.15. The lowest BCUT2D eigenvalue weighted by molar-refractivity contribution is 0.351. The van der Waals surface area contributed by atoms with E-state index in [-0.39, 0.29) is 0 Å². The minimum atomic E-state index is 0.669. The molecule has 2 nitrogen and oxygen atoms in total. The summed E-state index contributed by atoms with van der Waals surface area (Å²) in [4.78, 5) is 0. The van der Waals surface area contributed by atoms with Gasteiger partial charge in [-0.05, 0) is 49.0 Å². The van der Waals surface area contributed by atoms with Gasteiger partial charge in [-0.25, -0.2) is 0 Å². The van der Waals surface area contributed by atoms with E-state index >= 15 is 0 Å². The van der Waals surface area contributed by atoms with E-state index in [9.17, 15) is 0 Å². The average molecular weight is 215 g/mol. The molecule has 0 spiro atoms. The van der Waals surface area contributed by atoms with Crippen molar-refractivity contribution in [2.45, 2.75) is 19.3 Å². The number of hydrogen-bond acceptors (Lipinski definition) is 2. The van der Waals surface area contributed by atoms with E-state index in [1.54, 1.807) is 6.26 Å². The predicted molar refractivity (Wildman–Crippen MR) is 65.6 cm³/mol. The fourth-order valence-corrected chi connectivity index (χ4v) is 2.82. The Morgan fingerprint density at radius 1 is 1.31 bits per heavy atom. The van der Waals surface area contributed by atoms with Crippen LogP contribution in [0.15, 0.2) is 34.9 Å². The zero-order chi connectivity index (χ0) is 11.0. The van der Waals surface area contributed by atoms with Gasteiger partial charge in [-0.15, -0.1) is 0 Å². The average Bonchev–Trinajstić information content (AvgIpc) is 2.77. The Bertz CT molecular complexity index is 488. The third kappa shape index (κ3) is 1.54. The lowest BCUT2D eigenvalue weighted by atomic mass is 9.81. The Labute approximate surface area is 95.6 Å². The molecule has 2 heterocycles. The van der Waals surface area contributed by atoms with E-state index < -0.39 is 0 Å². The van der Waals surface area contributed by atoms with Crippen molar-refractivity contribution in [1.82, 2.24) is 5.32 Å². The molecule has 0 aliphatic carbocycles. The number of benzene rings is 1. The van der Waals surface area contributed by atoms with Crippen LogP contribution in [0.5, 0.6) is 0 Å². The molecule has 2 atom stereocenters. The first-order valence-electron chi connectivity index (χ1n) is 6.03. The molecule has 1 aliphatic heterocycles. The van der Waals surface area contributed by atoms with Crippen LogP contribution in [0, 0.1) is 5.92 Å². The maximum Gasteiger partial charge on any atom is 0.134 e. The second kappa shape index (κ2) is 3.95. The smallest absolute Gasteiger partial charge is 0.134 e. The number of rotatable bonds is 1. The maximum absolute atomic E-state index is 5.47. The molecule has 0 saturated carbocycles. The van der Waals surface area contributed by atoms with Crippen molar-refractivity contribution >= 4 is 11.0 Å². The van der Waals surface area contributed by atoms with Crippen LogP contribution in [0.3, 0.4) is 0 Å². The van der Waals surface area contributed by atoms with Crippen molar-refractivity contribution < 1.29 is 4.42 Å². The molecule has 1 aromatic carbocycles. The number of nitrogens with one attached hydrogen (secondary N) is 1. The van der Waals surface area contributed by atoms with Gasteiger partial charge in [-0.3, -0.25) is 0 Å². The molecule has 16 heavy (non-hydrogen) atoms. The van der Waals surface area contributed by atoms with Gasteiger partial charge in [0.1, 0.15) is 5.58 Å². The van der Waals surface area contributed by atoms with E-state index in [1.165, 1.54) is 17.4 Å². The van der Waals surface area contributed by atoms with Crippen LogP contribution < -0.4 is 5.32 Å². The molecule has 1 aliphatic rings. The SMILES string of the molecule is CC1CNCCC1c1cccc2occc12. The summed E-state index contributed by atoms with van der Waals surface area (Å²) in [6, 6.07) is 8.50. The number of furan rings is 1. The fourth-order valence-electron chi connectivity index (χ4n) is 2.82. The van der Waals surface area contributed by atoms with Gasteiger partial charge < -0.3 is 9.73 Å². The summed E-state index contributed by atoms with van der Waals surface area (Å²) in [7, 11) is 0. The minimum Gasteiger partial charge on any atom is -0.464 e. The number of fused-ring (bicyclic) bond motifs is 1. The summed E-state index contributed by atoms with van der Waals surface area (Å²) in [5.74, 6) is 1.37. The Morgan fingerprint density at radius 3 is 3.12 bits per heavy atom. The minimum absolute atomic E-state index is 0.669. The molecule has 1 N–H and O–H groups in total. The van der Waals surface area contributed by atoms with Gasteiger partial charge in [0, 0.05) is 5.39 Å². The second-order valence-corrected chi connectivity index (χ2v) is 4.76. The molecular weight excluding hydrogens is 198 g/mol. The first kappa shape index (κ1) is 9.91. The molecule has 3 rings (SSSR count). The quantitative estimate of drug-likeness (QED) is 0.790. The molecule has 0 amide bonds. The van der Waals surface area contributed by atoms with Crippen LogP contribution in [0.4, 0.5) is 0 Å². The molecule has 84 valence electrons. The Kier molecular flexibility index (Phi) is 2.44. The third-order valence-corrected chi connectivity index (χ3v) is 3.71. The van der Waals surface area contributed by atoms with Crippen LogP contribution >= 0.6 is 0 Å². The topological polar surface area (TPSA) is 25.2 Å². The van der Waals surface area contributed by atoms with Crippen LogP contribution in [-0.2, 0) is 0 Å². The van der Waals surface area contributed by atoms with E-state index in [1.807, 2.05) is 6.07 Å². The summed E-state index contributed by atoms with van der Waals surface area (Å²) in [6.45, 7) is 4.58. The van der Waals surface area contributed by atoms with Gasteiger partial charge in [0.15, 0.2) is 0 Å². The second-order valence-electron chi connectivity index (χ2n) is 4.76. The maximum atomic E-state index is 5.47.